The molecule has 1 fully saturated rings. The second kappa shape index (κ2) is 9.77. The Labute approximate surface area is 207 Å². The van der Waals surface area contributed by atoms with E-state index in [2.05, 4.69) is 37.2 Å². The summed E-state index contributed by atoms with van der Waals surface area (Å²) in [7, 11) is 0. The lowest BCUT2D eigenvalue weighted by molar-refractivity contribution is -0.122. The Kier molecular flexibility index (Phi) is 6.83. The van der Waals surface area contributed by atoms with Crippen LogP contribution in [0, 0.1) is 0 Å². The number of hydrogen-bond acceptors (Lipinski definition) is 4. The third kappa shape index (κ3) is 4.98. The summed E-state index contributed by atoms with van der Waals surface area (Å²) in [4.78, 5) is 26.8. The Morgan fingerprint density at radius 1 is 0.969 bits per heavy atom. The molecule has 1 heterocycles. The van der Waals surface area contributed by atoms with Crippen molar-refractivity contribution < 1.29 is 14.3 Å². The number of nitrogens with one attached hydrogen (secondary N) is 1. The number of anilines is 1. The molecule has 5 nitrogen and oxygen atoms in total. The smallest absolute Gasteiger partial charge is 0.270 e. The SMILES string of the molecule is O=C1NC(=S)N(c2ccccc2)C(=O)/C1=C/c1ccc(OCc2ccc(Br)cc2Br)cc1. The molecule has 0 saturated carbocycles. The molecule has 1 aliphatic heterocycles. The van der Waals surface area contributed by atoms with E-state index in [1.165, 1.54) is 4.90 Å². The predicted octanol–water partition coefficient (Wildman–Crippen LogP) is 5.62. The van der Waals surface area contributed by atoms with Crippen molar-refractivity contribution in [3.63, 3.8) is 0 Å². The minimum atomic E-state index is -0.521. The lowest BCUT2D eigenvalue weighted by atomic mass is 10.1. The normalized spacial score (nSPS) is 15.1. The molecule has 0 aromatic heterocycles. The van der Waals surface area contributed by atoms with Crippen LogP contribution in [0.1, 0.15) is 11.1 Å². The molecule has 0 atom stereocenters. The highest BCUT2D eigenvalue weighted by atomic mass is 79.9. The number of carbonyl (C=O) groups excluding carboxylic acids is 2. The van der Waals surface area contributed by atoms with Crippen molar-refractivity contribution in [1.29, 1.82) is 0 Å². The van der Waals surface area contributed by atoms with Crippen LogP contribution >= 0.6 is 44.1 Å². The number of nitrogens with zero attached hydrogens (tertiary/aromatic N) is 1. The molecule has 0 bridgehead atoms. The van der Waals surface area contributed by atoms with Gasteiger partial charge in [0.1, 0.15) is 17.9 Å². The zero-order chi connectivity index (χ0) is 22.7. The van der Waals surface area contributed by atoms with Crippen molar-refractivity contribution in [1.82, 2.24) is 5.32 Å². The summed E-state index contributed by atoms with van der Waals surface area (Å²) in [6.45, 7) is 0.401. The molecule has 160 valence electrons. The molecule has 2 amide bonds. The van der Waals surface area contributed by atoms with Crippen molar-refractivity contribution >= 4 is 72.8 Å². The highest BCUT2D eigenvalue weighted by molar-refractivity contribution is 9.11. The Bertz CT molecular complexity index is 1230. The molecule has 1 saturated heterocycles. The number of carbonyl (C=O) groups is 2. The zero-order valence-corrected chi connectivity index (χ0v) is 20.5. The van der Waals surface area contributed by atoms with Gasteiger partial charge in [-0.15, -0.1) is 0 Å². The largest absolute Gasteiger partial charge is 0.489 e. The van der Waals surface area contributed by atoms with Crippen LogP contribution in [0.25, 0.3) is 6.08 Å². The predicted molar refractivity (Wildman–Crippen MR) is 135 cm³/mol. The molecule has 1 aliphatic rings. The van der Waals surface area contributed by atoms with Crippen LogP contribution in [0.4, 0.5) is 5.69 Å². The number of ether oxygens (including phenoxy) is 1. The lowest BCUT2D eigenvalue weighted by Crippen LogP contribution is -2.54. The van der Waals surface area contributed by atoms with E-state index in [0.29, 0.717) is 23.6 Å². The monoisotopic (exact) mass is 570 g/mol. The summed E-state index contributed by atoms with van der Waals surface area (Å²) in [6, 6.07) is 22.0. The highest BCUT2D eigenvalue weighted by Crippen LogP contribution is 2.25. The van der Waals surface area contributed by atoms with E-state index < -0.39 is 11.8 Å². The van der Waals surface area contributed by atoms with Crippen LogP contribution in [0.5, 0.6) is 5.75 Å². The molecule has 8 heteroatoms. The van der Waals surface area contributed by atoms with Crippen molar-refractivity contribution in [3.05, 3.63) is 98.4 Å². The van der Waals surface area contributed by atoms with Gasteiger partial charge >= 0.3 is 0 Å². The number of para-hydroxylation sites is 1. The van der Waals surface area contributed by atoms with Gasteiger partial charge in [-0.05, 0) is 60.3 Å². The van der Waals surface area contributed by atoms with Crippen LogP contribution in [0.3, 0.4) is 0 Å². The van der Waals surface area contributed by atoms with Gasteiger partial charge in [-0.2, -0.15) is 0 Å². The van der Waals surface area contributed by atoms with Gasteiger partial charge in [0, 0.05) is 14.5 Å². The van der Waals surface area contributed by atoms with Crippen LogP contribution in [-0.2, 0) is 16.2 Å². The van der Waals surface area contributed by atoms with Gasteiger partial charge in [-0.25, -0.2) is 0 Å². The fourth-order valence-electron chi connectivity index (χ4n) is 3.10. The maximum absolute atomic E-state index is 13.0. The number of amides is 2. The Morgan fingerprint density at radius 3 is 2.38 bits per heavy atom. The van der Waals surface area contributed by atoms with Crippen molar-refractivity contribution in [2.45, 2.75) is 6.61 Å². The molecule has 0 unspecified atom stereocenters. The first-order valence-corrected chi connectivity index (χ1v) is 11.5. The fraction of sp³-hybridized carbons (Fsp3) is 0.0417. The van der Waals surface area contributed by atoms with Crippen LogP contribution in [-0.4, -0.2) is 16.9 Å². The zero-order valence-electron chi connectivity index (χ0n) is 16.5. The number of rotatable bonds is 5. The van der Waals surface area contributed by atoms with Gasteiger partial charge in [0.15, 0.2) is 5.11 Å². The minimum Gasteiger partial charge on any atom is -0.489 e. The molecule has 0 spiro atoms. The average Bonchev–Trinajstić information content (AvgIpc) is 2.77. The molecule has 32 heavy (non-hydrogen) atoms. The van der Waals surface area contributed by atoms with E-state index in [4.69, 9.17) is 17.0 Å². The summed E-state index contributed by atoms with van der Waals surface area (Å²) < 4.78 is 7.79. The van der Waals surface area contributed by atoms with Gasteiger partial charge in [-0.1, -0.05) is 68.3 Å². The molecular weight excluding hydrogens is 556 g/mol. The van der Waals surface area contributed by atoms with E-state index in [1.807, 2.05) is 24.3 Å². The summed E-state index contributed by atoms with van der Waals surface area (Å²) in [5.41, 5.74) is 2.31. The van der Waals surface area contributed by atoms with Crippen LogP contribution in [0.2, 0.25) is 0 Å². The number of benzene rings is 3. The average molecular weight is 572 g/mol. The first-order chi connectivity index (χ1) is 15.4. The van der Waals surface area contributed by atoms with E-state index in [-0.39, 0.29) is 10.7 Å². The number of halogens is 2. The summed E-state index contributed by atoms with van der Waals surface area (Å²) in [5.74, 6) is -0.313. The van der Waals surface area contributed by atoms with Gasteiger partial charge in [-0.3, -0.25) is 19.8 Å². The van der Waals surface area contributed by atoms with E-state index in [0.717, 1.165) is 14.5 Å². The first kappa shape index (κ1) is 22.4. The van der Waals surface area contributed by atoms with Gasteiger partial charge in [0.2, 0.25) is 0 Å². The van der Waals surface area contributed by atoms with E-state index in [9.17, 15) is 9.59 Å². The third-order valence-corrected chi connectivity index (χ3v) is 6.23. The van der Waals surface area contributed by atoms with Crippen molar-refractivity contribution in [3.8, 4) is 5.75 Å². The quantitative estimate of drug-likeness (QED) is 0.245. The highest BCUT2D eigenvalue weighted by Gasteiger charge is 2.34. The van der Waals surface area contributed by atoms with Gasteiger partial charge < -0.3 is 4.74 Å². The molecule has 0 radical (unpaired) electrons. The van der Waals surface area contributed by atoms with Gasteiger partial charge in [0.25, 0.3) is 11.8 Å². The van der Waals surface area contributed by atoms with Gasteiger partial charge in [0.05, 0.1) is 5.69 Å². The first-order valence-electron chi connectivity index (χ1n) is 9.55. The Balaban J connectivity index is 1.50. The molecule has 3 aromatic rings. The second-order valence-electron chi connectivity index (χ2n) is 6.89. The Hall–Kier alpha value is -2.81. The fourth-order valence-corrected chi connectivity index (χ4v) is 4.54. The summed E-state index contributed by atoms with van der Waals surface area (Å²) >= 11 is 12.2. The second-order valence-corrected chi connectivity index (χ2v) is 9.04. The maximum atomic E-state index is 13.0. The van der Waals surface area contributed by atoms with E-state index in [1.54, 1.807) is 54.6 Å². The molecule has 0 aliphatic carbocycles. The molecule has 3 aromatic carbocycles. The lowest BCUT2D eigenvalue weighted by Gasteiger charge is -2.28. The van der Waals surface area contributed by atoms with E-state index >= 15 is 0 Å². The summed E-state index contributed by atoms with van der Waals surface area (Å²) in [6.07, 6.45) is 1.55. The standard InChI is InChI=1S/C24H16Br2N2O3S/c25-17-9-8-16(21(26)13-17)14-31-19-10-6-15(7-11-19)12-20-22(29)27-24(32)28(23(20)30)18-4-2-1-3-5-18/h1-13H,14H2,(H,27,29,32)/b20-12+. The molecular formula is C24H16Br2N2O3S. The summed E-state index contributed by atoms with van der Waals surface area (Å²) in [5, 5.41) is 2.65. The van der Waals surface area contributed by atoms with Crippen molar-refractivity contribution in [2.75, 3.05) is 4.90 Å². The topological polar surface area (TPSA) is 58.6 Å². The Morgan fingerprint density at radius 2 is 1.69 bits per heavy atom. The number of thiocarbonyl (C=S) groups is 1. The van der Waals surface area contributed by atoms with Crippen LogP contribution in [0.15, 0.2) is 87.3 Å². The minimum absolute atomic E-state index is 0.00918. The molecule has 4 rings (SSSR count). The van der Waals surface area contributed by atoms with Crippen LogP contribution < -0.4 is 15.0 Å². The molecule has 1 N–H and O–H groups in total. The third-order valence-electron chi connectivity index (χ3n) is 4.72. The van der Waals surface area contributed by atoms with Crippen molar-refractivity contribution in [2.24, 2.45) is 0 Å². The number of hydrogen-bond donors (Lipinski definition) is 1. The maximum Gasteiger partial charge on any atom is 0.270 e.